The van der Waals surface area contributed by atoms with Gasteiger partial charge in [-0.05, 0) is 38.7 Å². The molecule has 1 saturated carbocycles. The topological polar surface area (TPSA) is 121 Å². The van der Waals surface area contributed by atoms with Gasteiger partial charge in [-0.25, -0.2) is 18.4 Å². The highest BCUT2D eigenvalue weighted by Crippen LogP contribution is 2.38. The molecular weight excluding hydrogens is 480 g/mol. The van der Waals surface area contributed by atoms with Gasteiger partial charge in [0.2, 0.25) is 16.0 Å². The van der Waals surface area contributed by atoms with Gasteiger partial charge in [0.15, 0.2) is 5.82 Å². The van der Waals surface area contributed by atoms with E-state index in [1.165, 1.54) is 0 Å². The number of sulfonamides is 1. The Kier molecular flexibility index (Phi) is 8.01. The molecule has 1 aliphatic carbocycles. The van der Waals surface area contributed by atoms with Gasteiger partial charge in [-0.2, -0.15) is 0 Å². The first-order valence-corrected chi connectivity index (χ1v) is 13.7. The molecule has 0 unspecified atom stereocenters. The summed E-state index contributed by atoms with van der Waals surface area (Å²) in [5.74, 6) is 0.706. The first-order valence-electron chi connectivity index (χ1n) is 12.1. The van der Waals surface area contributed by atoms with E-state index in [0.717, 1.165) is 30.4 Å². The van der Waals surface area contributed by atoms with Gasteiger partial charge in [-0.3, -0.25) is 9.29 Å². The van der Waals surface area contributed by atoms with Gasteiger partial charge in [0, 0.05) is 38.1 Å². The monoisotopic (exact) mass is 514 g/mol. The molecule has 1 fully saturated rings. The van der Waals surface area contributed by atoms with E-state index >= 15 is 0 Å². The number of aromatic nitrogens is 5. The Labute approximate surface area is 212 Å². The zero-order valence-electron chi connectivity index (χ0n) is 21.3. The van der Waals surface area contributed by atoms with Crippen LogP contribution < -0.4 is 4.72 Å². The summed E-state index contributed by atoms with van der Waals surface area (Å²) in [6.07, 6.45) is 5.57. The van der Waals surface area contributed by atoms with Gasteiger partial charge in [-0.1, -0.05) is 37.3 Å². The first kappa shape index (κ1) is 26.2. The molecule has 2 aromatic heterocycles. The van der Waals surface area contributed by atoms with Crippen LogP contribution in [0.4, 0.5) is 5.95 Å². The highest BCUT2D eigenvalue weighted by Gasteiger charge is 2.40. The van der Waals surface area contributed by atoms with Gasteiger partial charge in [-0.15, -0.1) is 10.2 Å². The molecule has 194 valence electrons. The number of hydrogen-bond donors (Lipinski definition) is 1. The van der Waals surface area contributed by atoms with Crippen LogP contribution in [0.5, 0.6) is 0 Å². The third kappa shape index (κ3) is 5.28. The summed E-state index contributed by atoms with van der Waals surface area (Å²) < 4.78 is 43.3. The van der Waals surface area contributed by atoms with Crippen LogP contribution in [0.3, 0.4) is 0 Å². The lowest BCUT2D eigenvalue weighted by molar-refractivity contribution is -0.0547. The number of rotatable bonds is 9. The van der Waals surface area contributed by atoms with E-state index in [0.29, 0.717) is 11.6 Å². The Morgan fingerprint density at radius 3 is 2.19 bits per heavy atom. The molecular formula is C25H34N6O4S. The summed E-state index contributed by atoms with van der Waals surface area (Å²) in [6, 6.07) is 9.26. The van der Waals surface area contributed by atoms with Crippen molar-refractivity contribution in [2.24, 2.45) is 0 Å². The SMILES string of the molecule is CO[C@H]1CCC[C@@H](OC)[C@@H]1n1c(NS(=O)(=O)[C@@H](C)[C@H](C)c2ncc(C)cn2)nnc1-c1ccccc1. The lowest BCUT2D eigenvalue weighted by Gasteiger charge is -2.38. The second kappa shape index (κ2) is 11.0. The van der Waals surface area contributed by atoms with Crippen molar-refractivity contribution < 1.29 is 17.9 Å². The van der Waals surface area contributed by atoms with Crippen LogP contribution in [-0.4, -0.2) is 64.8 Å². The lowest BCUT2D eigenvalue weighted by atomic mass is 9.89. The Hall–Kier alpha value is -2.89. The van der Waals surface area contributed by atoms with Crippen molar-refractivity contribution in [3.63, 3.8) is 0 Å². The van der Waals surface area contributed by atoms with E-state index in [1.807, 2.05) is 41.8 Å². The Morgan fingerprint density at radius 1 is 1.00 bits per heavy atom. The zero-order valence-corrected chi connectivity index (χ0v) is 22.1. The third-order valence-corrected chi connectivity index (χ3v) is 8.86. The normalized spacial score (nSPS) is 22.2. The number of hydrogen-bond acceptors (Lipinski definition) is 8. The Balaban J connectivity index is 1.74. The summed E-state index contributed by atoms with van der Waals surface area (Å²) in [4.78, 5) is 8.65. The predicted molar refractivity (Wildman–Crippen MR) is 137 cm³/mol. The van der Waals surface area contributed by atoms with Crippen molar-refractivity contribution >= 4 is 16.0 Å². The van der Waals surface area contributed by atoms with Crippen LogP contribution in [0, 0.1) is 6.92 Å². The van der Waals surface area contributed by atoms with Gasteiger partial charge in [0.1, 0.15) is 5.82 Å². The molecule has 1 aromatic carbocycles. The molecule has 2 heterocycles. The maximum Gasteiger partial charge on any atom is 0.239 e. The van der Waals surface area contributed by atoms with Crippen molar-refractivity contribution in [2.45, 2.75) is 69.5 Å². The number of methoxy groups -OCH3 is 2. The minimum atomic E-state index is -3.88. The minimum Gasteiger partial charge on any atom is -0.379 e. The molecule has 36 heavy (non-hydrogen) atoms. The van der Waals surface area contributed by atoms with Crippen molar-refractivity contribution in [3.05, 3.63) is 54.1 Å². The second-order valence-electron chi connectivity index (χ2n) is 9.31. The van der Waals surface area contributed by atoms with Gasteiger partial charge >= 0.3 is 0 Å². The van der Waals surface area contributed by atoms with Crippen molar-refractivity contribution in [1.29, 1.82) is 0 Å². The zero-order chi connectivity index (χ0) is 25.9. The molecule has 5 atom stereocenters. The third-order valence-electron chi connectivity index (χ3n) is 7.01. The lowest BCUT2D eigenvalue weighted by Crippen LogP contribution is -2.41. The van der Waals surface area contributed by atoms with E-state index in [9.17, 15) is 8.42 Å². The fourth-order valence-corrected chi connectivity index (χ4v) is 5.95. The molecule has 1 N–H and O–H groups in total. The Bertz CT molecular complexity index is 1240. The number of nitrogens with zero attached hydrogens (tertiary/aromatic N) is 5. The molecule has 0 saturated heterocycles. The van der Waals surface area contributed by atoms with E-state index < -0.39 is 21.2 Å². The molecule has 3 aromatic rings. The fraction of sp³-hybridized carbons (Fsp3) is 0.520. The largest absolute Gasteiger partial charge is 0.379 e. The molecule has 4 rings (SSSR count). The highest BCUT2D eigenvalue weighted by molar-refractivity contribution is 7.93. The van der Waals surface area contributed by atoms with Crippen molar-refractivity contribution in [1.82, 2.24) is 24.7 Å². The summed E-state index contributed by atoms with van der Waals surface area (Å²) in [7, 11) is -0.556. The van der Waals surface area contributed by atoms with Crippen LogP contribution >= 0.6 is 0 Å². The quantitative estimate of drug-likeness (QED) is 0.458. The number of aryl methyl sites for hydroxylation is 1. The van der Waals surface area contributed by atoms with Gasteiger partial charge in [0.05, 0.1) is 23.5 Å². The predicted octanol–water partition coefficient (Wildman–Crippen LogP) is 3.73. The summed E-state index contributed by atoms with van der Waals surface area (Å²) in [5, 5.41) is 7.88. The molecule has 0 aliphatic heterocycles. The van der Waals surface area contributed by atoms with Gasteiger partial charge < -0.3 is 9.47 Å². The maximum absolute atomic E-state index is 13.6. The first-order chi connectivity index (χ1) is 17.3. The van der Waals surface area contributed by atoms with E-state index in [4.69, 9.17) is 9.47 Å². The number of ether oxygens (including phenoxy) is 2. The van der Waals surface area contributed by atoms with E-state index in [1.54, 1.807) is 40.5 Å². The number of nitrogens with one attached hydrogen (secondary N) is 1. The second-order valence-corrected chi connectivity index (χ2v) is 11.4. The average molecular weight is 515 g/mol. The summed E-state index contributed by atoms with van der Waals surface area (Å²) >= 11 is 0. The number of benzene rings is 1. The van der Waals surface area contributed by atoms with Crippen LogP contribution in [0.25, 0.3) is 11.4 Å². The maximum atomic E-state index is 13.6. The molecule has 0 bridgehead atoms. The Morgan fingerprint density at radius 2 is 1.61 bits per heavy atom. The number of anilines is 1. The summed E-state index contributed by atoms with van der Waals surface area (Å²) in [6.45, 7) is 5.34. The van der Waals surface area contributed by atoms with E-state index in [-0.39, 0.29) is 24.2 Å². The van der Waals surface area contributed by atoms with Gasteiger partial charge in [0.25, 0.3) is 0 Å². The van der Waals surface area contributed by atoms with Crippen LogP contribution in [0.1, 0.15) is 56.5 Å². The van der Waals surface area contributed by atoms with Crippen LogP contribution in [-0.2, 0) is 19.5 Å². The van der Waals surface area contributed by atoms with Crippen molar-refractivity contribution in [3.8, 4) is 11.4 Å². The standard InChI is InChI=1S/C25H34N6O4S/c1-16-14-26-23(27-15-16)17(2)18(3)36(32,33)30-25-29-28-24(19-10-7-6-8-11-19)31(25)22-20(34-4)12-9-13-21(22)35-5/h6-8,10-11,14-15,17-18,20-22H,9,12-13H2,1-5H3,(H,29,30)/t17-,18-,20-,21+,22+/m0/s1. The molecule has 10 nitrogen and oxygen atoms in total. The summed E-state index contributed by atoms with van der Waals surface area (Å²) in [5.41, 5.74) is 1.73. The molecule has 0 amide bonds. The molecule has 1 aliphatic rings. The van der Waals surface area contributed by atoms with E-state index in [2.05, 4.69) is 24.9 Å². The van der Waals surface area contributed by atoms with Crippen molar-refractivity contribution in [2.75, 3.05) is 18.9 Å². The smallest absolute Gasteiger partial charge is 0.239 e. The average Bonchev–Trinajstić information content (AvgIpc) is 3.30. The fourth-order valence-electron chi connectivity index (χ4n) is 4.71. The molecule has 11 heteroatoms. The molecule has 0 spiro atoms. The minimum absolute atomic E-state index is 0.133. The highest BCUT2D eigenvalue weighted by atomic mass is 32.2. The van der Waals surface area contributed by atoms with Crippen LogP contribution in [0.2, 0.25) is 0 Å². The molecule has 0 radical (unpaired) electrons. The van der Waals surface area contributed by atoms with Crippen LogP contribution in [0.15, 0.2) is 42.7 Å².